The maximum atomic E-state index is 6.94. The Bertz CT molecular complexity index is 44.3. The van der Waals surface area contributed by atoms with Crippen LogP contribution in [0.15, 0.2) is 0 Å². The zero-order valence-corrected chi connectivity index (χ0v) is 13.1. The van der Waals surface area contributed by atoms with Gasteiger partial charge in [-0.15, -0.1) is 30.4 Å². The molecule has 0 bridgehead atoms. The molecule has 0 saturated carbocycles. The summed E-state index contributed by atoms with van der Waals surface area (Å²) in [7, 11) is 0.750. The van der Waals surface area contributed by atoms with Crippen molar-refractivity contribution < 1.29 is 26.2 Å². The molecule has 0 amide bonds. The minimum Gasteiger partial charge on any atom is -0.673 e. The molecular formula is C6H19Cl2NSiZr-. The van der Waals surface area contributed by atoms with Gasteiger partial charge in [0.15, 0.2) is 0 Å². The Kier molecular flexibility index (Phi) is 47.1. The summed E-state index contributed by atoms with van der Waals surface area (Å²) in [5.74, 6) is 0. The Balaban J connectivity index is -0.0000000183. The van der Waals surface area contributed by atoms with Crippen LogP contribution in [0.3, 0.4) is 0 Å². The van der Waals surface area contributed by atoms with E-state index in [0.29, 0.717) is 0 Å². The molecule has 0 aromatic carbocycles. The molecule has 1 N–H and O–H groups in total. The predicted octanol–water partition coefficient (Wildman–Crippen LogP) is 3.20. The molecule has 1 nitrogen and oxygen atoms in total. The van der Waals surface area contributed by atoms with E-state index in [-0.39, 0.29) is 56.6 Å². The van der Waals surface area contributed by atoms with Crippen LogP contribution in [0.25, 0.3) is 5.73 Å². The van der Waals surface area contributed by atoms with Crippen LogP contribution in [0, 0.1) is 0 Å². The third-order valence-corrected chi connectivity index (χ3v) is 0. The molecule has 0 aliphatic rings. The molecule has 0 aliphatic carbocycles. The zero-order valence-electron chi connectivity index (χ0n) is 7.89. The van der Waals surface area contributed by atoms with Crippen molar-refractivity contribution in [1.82, 2.24) is 0 Å². The van der Waals surface area contributed by atoms with E-state index < -0.39 is 0 Å². The molecule has 0 saturated heterocycles. The van der Waals surface area contributed by atoms with Gasteiger partial charge in [0.25, 0.3) is 0 Å². The first kappa shape index (κ1) is 29.3. The summed E-state index contributed by atoms with van der Waals surface area (Å²) in [6.45, 7) is 9.98. The fourth-order valence-electron chi connectivity index (χ4n) is 0. The van der Waals surface area contributed by atoms with E-state index >= 15 is 0 Å². The molecular weight excluding hydrogens is 276 g/mol. The van der Waals surface area contributed by atoms with Crippen molar-refractivity contribution in [2.75, 3.05) is 0 Å². The third kappa shape index (κ3) is 402. The van der Waals surface area contributed by atoms with Gasteiger partial charge >= 0.3 is 0 Å². The van der Waals surface area contributed by atoms with Gasteiger partial charge in [0.2, 0.25) is 0 Å². The molecule has 71 valence electrons. The number of rotatable bonds is 0. The Morgan fingerprint density at radius 2 is 1.00 bits per heavy atom. The summed E-state index contributed by atoms with van der Waals surface area (Å²) in [4.78, 5) is 0. The molecule has 5 heteroatoms. The van der Waals surface area contributed by atoms with Crippen LogP contribution in [0.2, 0.25) is 13.1 Å². The second kappa shape index (κ2) is 17.7. The van der Waals surface area contributed by atoms with E-state index in [0.717, 1.165) is 9.52 Å². The fraction of sp³-hybridized carbons (Fsp3) is 1.00. The second-order valence-corrected chi connectivity index (χ2v) is 3.98. The molecule has 0 aromatic rings. The number of hydrogen-bond acceptors (Lipinski definition) is 0. The standard InChI is InChI=1S/C4H10N.C2H7Si.2ClH.Zr/c1-4(2,3)5;1-3-2;;;/h5H,1-3H3;3H,1-2H3;2*1H;/q-1;;;;. The Hall–Kier alpha value is 1.64. The fourth-order valence-corrected chi connectivity index (χ4v) is 0. The average molecular weight is 295 g/mol. The van der Waals surface area contributed by atoms with Gasteiger partial charge in [0.05, 0.1) is 0 Å². The Morgan fingerprint density at radius 1 is 1.00 bits per heavy atom. The largest absolute Gasteiger partial charge is 0.673 e. The van der Waals surface area contributed by atoms with Crippen LogP contribution in [-0.4, -0.2) is 15.1 Å². The van der Waals surface area contributed by atoms with Crippen molar-refractivity contribution >= 4 is 34.3 Å². The summed E-state index contributed by atoms with van der Waals surface area (Å²) < 4.78 is 0. The first-order chi connectivity index (χ1) is 3.41. The molecule has 0 rings (SSSR count). The normalized spacial score (nSPS) is 7.09. The minimum atomic E-state index is -0.250. The van der Waals surface area contributed by atoms with E-state index in [1.807, 2.05) is 20.8 Å². The van der Waals surface area contributed by atoms with Crippen LogP contribution in [0.4, 0.5) is 0 Å². The Morgan fingerprint density at radius 3 is 1.00 bits per heavy atom. The van der Waals surface area contributed by atoms with Gasteiger partial charge in [-0.05, 0) is 0 Å². The van der Waals surface area contributed by atoms with Gasteiger partial charge in [-0.25, -0.2) is 0 Å². The van der Waals surface area contributed by atoms with Crippen molar-refractivity contribution in [2.24, 2.45) is 0 Å². The molecule has 0 atom stereocenters. The zero-order chi connectivity index (χ0) is 7.21. The van der Waals surface area contributed by atoms with Gasteiger partial charge in [0, 0.05) is 35.7 Å². The molecule has 0 aliphatic heterocycles. The van der Waals surface area contributed by atoms with Gasteiger partial charge in [0.1, 0.15) is 0 Å². The van der Waals surface area contributed by atoms with E-state index in [9.17, 15) is 0 Å². The molecule has 11 heavy (non-hydrogen) atoms. The van der Waals surface area contributed by atoms with Crippen LogP contribution < -0.4 is 0 Å². The summed E-state index contributed by atoms with van der Waals surface area (Å²) in [5, 5.41) is 0. The predicted molar refractivity (Wildman–Crippen MR) is 57.4 cm³/mol. The van der Waals surface area contributed by atoms with Crippen LogP contribution >= 0.6 is 24.8 Å². The van der Waals surface area contributed by atoms with E-state index in [1.54, 1.807) is 0 Å². The first-order valence-electron chi connectivity index (χ1n) is 2.90. The SMILES string of the molecule is CC(C)(C)[NH-].C[SiH]C.Cl.Cl.[Zr]. The van der Waals surface area contributed by atoms with Crippen molar-refractivity contribution in [3.05, 3.63) is 5.73 Å². The average Bonchev–Trinajstić information content (AvgIpc) is 1.27. The molecule has 0 aromatic heterocycles. The summed E-state index contributed by atoms with van der Waals surface area (Å²) in [5.41, 5.74) is 6.69. The number of halogens is 2. The maximum Gasteiger partial charge on any atom is 0.0213 e. The van der Waals surface area contributed by atoms with Crippen LogP contribution in [-0.2, 0) is 26.2 Å². The summed E-state index contributed by atoms with van der Waals surface area (Å²) >= 11 is 0. The molecule has 0 spiro atoms. The smallest absolute Gasteiger partial charge is 0.0213 e. The quantitative estimate of drug-likeness (QED) is 0.613. The minimum absolute atomic E-state index is 0. The van der Waals surface area contributed by atoms with Crippen LogP contribution in [0.5, 0.6) is 0 Å². The molecule has 0 heterocycles. The van der Waals surface area contributed by atoms with Gasteiger partial charge in [-0.3, -0.25) is 0 Å². The summed E-state index contributed by atoms with van der Waals surface area (Å²) in [6.07, 6.45) is 0. The molecule has 0 fully saturated rings. The maximum absolute atomic E-state index is 6.94. The number of nitrogens with one attached hydrogen (secondary N) is 1. The van der Waals surface area contributed by atoms with Crippen molar-refractivity contribution in [3.8, 4) is 0 Å². The summed E-state index contributed by atoms with van der Waals surface area (Å²) in [6, 6.07) is 0. The first-order valence-corrected chi connectivity index (χ1v) is 5.21. The van der Waals surface area contributed by atoms with Crippen molar-refractivity contribution in [3.63, 3.8) is 0 Å². The molecule has 1 radical (unpaired) electrons. The van der Waals surface area contributed by atoms with Crippen molar-refractivity contribution in [2.45, 2.75) is 39.4 Å². The van der Waals surface area contributed by atoms with Gasteiger partial charge in [-0.2, -0.15) is 0 Å². The van der Waals surface area contributed by atoms with E-state index in [4.69, 9.17) is 5.73 Å². The van der Waals surface area contributed by atoms with E-state index in [1.165, 1.54) is 0 Å². The van der Waals surface area contributed by atoms with Crippen LogP contribution in [0.1, 0.15) is 20.8 Å². The third-order valence-electron chi connectivity index (χ3n) is 0. The second-order valence-electron chi connectivity index (χ2n) is 2.83. The van der Waals surface area contributed by atoms with Crippen molar-refractivity contribution in [1.29, 1.82) is 0 Å². The van der Waals surface area contributed by atoms with Gasteiger partial charge in [-0.1, -0.05) is 33.9 Å². The number of hydrogen-bond donors (Lipinski definition) is 0. The molecule has 0 unspecified atom stereocenters. The van der Waals surface area contributed by atoms with Gasteiger partial charge < -0.3 is 5.73 Å². The topological polar surface area (TPSA) is 23.8 Å². The monoisotopic (exact) mass is 293 g/mol. The Labute approximate surface area is 105 Å². The van der Waals surface area contributed by atoms with E-state index in [2.05, 4.69) is 13.1 Å².